The number of phenolic OH excluding ortho intramolecular Hbond substituents is 2. The number of phenols is 2. The number of rotatable bonds is 4. The quantitative estimate of drug-likeness (QED) is 0.508. The molecule has 2 N–H and O–H groups in total. The summed E-state index contributed by atoms with van der Waals surface area (Å²) in [5, 5.41) is 37.2. The van der Waals surface area contributed by atoms with Gasteiger partial charge < -0.3 is 14.9 Å². The number of nitro benzene ring substituents is 1. The van der Waals surface area contributed by atoms with Crippen LogP contribution in [0.1, 0.15) is 0 Å². The summed E-state index contributed by atoms with van der Waals surface area (Å²) in [7, 11) is 1.40. The Morgan fingerprint density at radius 2 is 1.76 bits per heavy atom. The fourth-order valence-electron chi connectivity index (χ4n) is 1.57. The minimum absolute atomic E-state index is 0.0216. The molecule has 8 heteroatoms. The molecule has 0 radical (unpaired) electrons. The zero-order valence-electron chi connectivity index (χ0n) is 10.9. The number of aromatic hydroxyl groups is 2. The second kappa shape index (κ2) is 5.87. The van der Waals surface area contributed by atoms with Crippen LogP contribution in [0.3, 0.4) is 0 Å². The molecule has 0 amide bonds. The van der Waals surface area contributed by atoms with Crippen molar-refractivity contribution in [2.24, 2.45) is 10.2 Å². The third-order valence-electron chi connectivity index (χ3n) is 2.60. The highest BCUT2D eigenvalue weighted by atomic mass is 16.6. The van der Waals surface area contributed by atoms with Crippen LogP contribution in [0.25, 0.3) is 0 Å². The highest BCUT2D eigenvalue weighted by Crippen LogP contribution is 2.35. The van der Waals surface area contributed by atoms with Gasteiger partial charge in [0.15, 0.2) is 5.69 Å². The van der Waals surface area contributed by atoms with Gasteiger partial charge in [-0.05, 0) is 24.3 Å². The van der Waals surface area contributed by atoms with Crippen LogP contribution in [-0.4, -0.2) is 22.2 Å². The highest BCUT2D eigenvalue weighted by molar-refractivity contribution is 5.60. The molecule has 0 aromatic heterocycles. The Morgan fingerprint density at radius 3 is 2.38 bits per heavy atom. The average molecular weight is 289 g/mol. The predicted octanol–water partition coefficient (Wildman–Crippen LogP) is 3.43. The smallest absolute Gasteiger partial charge is 0.300 e. The monoisotopic (exact) mass is 289 g/mol. The maximum absolute atomic E-state index is 11.0. The Balaban J connectivity index is 2.38. The van der Waals surface area contributed by atoms with Gasteiger partial charge in [0.1, 0.15) is 22.9 Å². The Kier molecular flexibility index (Phi) is 3.98. The molecule has 0 bridgehead atoms. The van der Waals surface area contributed by atoms with Crippen molar-refractivity contribution in [1.29, 1.82) is 0 Å². The average Bonchev–Trinajstić information content (AvgIpc) is 2.46. The SMILES string of the molecule is COc1ccc(N=Nc2ccc(O)cc2O)c([N+](=O)[O-])c1. The number of methoxy groups -OCH3 is 1. The van der Waals surface area contributed by atoms with Gasteiger partial charge in [0.25, 0.3) is 5.69 Å². The van der Waals surface area contributed by atoms with E-state index >= 15 is 0 Å². The van der Waals surface area contributed by atoms with Crippen LogP contribution in [0.2, 0.25) is 0 Å². The summed E-state index contributed by atoms with van der Waals surface area (Å²) < 4.78 is 4.91. The molecule has 0 aliphatic rings. The van der Waals surface area contributed by atoms with Gasteiger partial charge in [0.2, 0.25) is 0 Å². The Morgan fingerprint density at radius 1 is 1.10 bits per heavy atom. The van der Waals surface area contributed by atoms with E-state index < -0.39 is 4.92 Å². The first-order chi connectivity index (χ1) is 10.0. The lowest BCUT2D eigenvalue weighted by atomic mass is 10.2. The molecule has 0 atom stereocenters. The maximum Gasteiger partial charge on any atom is 0.300 e. The van der Waals surface area contributed by atoms with Crippen molar-refractivity contribution in [2.75, 3.05) is 7.11 Å². The van der Waals surface area contributed by atoms with E-state index in [4.69, 9.17) is 9.84 Å². The first kappa shape index (κ1) is 14.3. The van der Waals surface area contributed by atoms with E-state index in [1.54, 1.807) is 0 Å². The lowest BCUT2D eigenvalue weighted by molar-refractivity contribution is -0.384. The molecule has 0 heterocycles. The molecule has 0 saturated carbocycles. The van der Waals surface area contributed by atoms with Gasteiger partial charge in [-0.15, -0.1) is 10.2 Å². The second-order valence-electron chi connectivity index (χ2n) is 3.98. The van der Waals surface area contributed by atoms with Crippen LogP contribution in [0.4, 0.5) is 17.1 Å². The molecular formula is C13H11N3O5. The van der Waals surface area contributed by atoms with Crippen molar-refractivity contribution >= 4 is 17.1 Å². The van der Waals surface area contributed by atoms with Crippen LogP contribution in [0, 0.1) is 10.1 Å². The lowest BCUT2D eigenvalue weighted by Gasteiger charge is -2.01. The van der Waals surface area contributed by atoms with Gasteiger partial charge in [0.05, 0.1) is 18.1 Å². The first-order valence-corrected chi connectivity index (χ1v) is 5.77. The van der Waals surface area contributed by atoms with Gasteiger partial charge >= 0.3 is 0 Å². The van der Waals surface area contributed by atoms with Crippen LogP contribution >= 0.6 is 0 Å². The predicted molar refractivity (Wildman–Crippen MR) is 73.6 cm³/mol. The lowest BCUT2D eigenvalue weighted by Crippen LogP contribution is -1.90. The first-order valence-electron chi connectivity index (χ1n) is 5.77. The van der Waals surface area contributed by atoms with Crippen molar-refractivity contribution < 1.29 is 19.9 Å². The molecule has 2 aromatic rings. The van der Waals surface area contributed by atoms with Gasteiger partial charge in [0, 0.05) is 6.07 Å². The van der Waals surface area contributed by atoms with Crippen LogP contribution < -0.4 is 4.74 Å². The van der Waals surface area contributed by atoms with E-state index in [2.05, 4.69) is 10.2 Å². The third kappa shape index (κ3) is 3.24. The van der Waals surface area contributed by atoms with Crippen LogP contribution in [-0.2, 0) is 0 Å². The van der Waals surface area contributed by atoms with Gasteiger partial charge in [-0.2, -0.15) is 0 Å². The van der Waals surface area contributed by atoms with E-state index in [0.29, 0.717) is 5.75 Å². The van der Waals surface area contributed by atoms with E-state index in [0.717, 1.165) is 6.07 Å². The summed E-state index contributed by atoms with van der Waals surface area (Å²) in [6, 6.07) is 7.87. The summed E-state index contributed by atoms with van der Waals surface area (Å²) >= 11 is 0. The maximum atomic E-state index is 11.0. The number of hydrogen-bond acceptors (Lipinski definition) is 7. The molecule has 2 rings (SSSR count). The molecule has 108 valence electrons. The molecule has 0 fully saturated rings. The number of azo groups is 1. The number of nitro groups is 1. The van der Waals surface area contributed by atoms with Crippen molar-refractivity contribution in [1.82, 2.24) is 0 Å². The number of hydrogen-bond donors (Lipinski definition) is 2. The highest BCUT2D eigenvalue weighted by Gasteiger charge is 2.15. The van der Waals surface area contributed by atoms with Crippen molar-refractivity contribution in [3.05, 3.63) is 46.5 Å². The molecular weight excluding hydrogens is 278 g/mol. The zero-order valence-corrected chi connectivity index (χ0v) is 10.9. The minimum Gasteiger partial charge on any atom is -0.508 e. The topological polar surface area (TPSA) is 118 Å². The van der Waals surface area contributed by atoms with E-state index in [1.165, 1.54) is 37.4 Å². The van der Waals surface area contributed by atoms with Crippen LogP contribution in [0.15, 0.2) is 46.6 Å². The van der Waals surface area contributed by atoms with Crippen LogP contribution in [0.5, 0.6) is 17.2 Å². The summed E-state index contributed by atoms with van der Waals surface area (Å²) in [6.07, 6.45) is 0. The largest absolute Gasteiger partial charge is 0.508 e. The van der Waals surface area contributed by atoms with E-state index in [-0.39, 0.29) is 28.6 Å². The molecule has 0 spiro atoms. The molecule has 0 aliphatic heterocycles. The zero-order chi connectivity index (χ0) is 15.4. The minimum atomic E-state index is -0.604. The summed E-state index contributed by atoms with van der Waals surface area (Å²) in [5.74, 6) is -0.0788. The molecule has 2 aromatic carbocycles. The van der Waals surface area contributed by atoms with Crippen molar-refractivity contribution in [3.63, 3.8) is 0 Å². The summed E-state index contributed by atoms with van der Waals surface area (Å²) in [5.41, 5.74) is -0.164. The standard InChI is InChI=1S/C13H11N3O5/c1-21-9-3-5-10(12(7-9)16(19)20)14-15-11-4-2-8(17)6-13(11)18/h2-7,17-18H,1H3. The molecule has 8 nitrogen and oxygen atoms in total. The van der Waals surface area contributed by atoms with Gasteiger partial charge in [-0.1, -0.05) is 0 Å². The van der Waals surface area contributed by atoms with E-state index in [1.807, 2.05) is 0 Å². The Hall–Kier alpha value is -3.16. The summed E-state index contributed by atoms with van der Waals surface area (Å²) in [6.45, 7) is 0. The fraction of sp³-hybridized carbons (Fsp3) is 0.0769. The second-order valence-corrected chi connectivity index (χ2v) is 3.98. The summed E-state index contributed by atoms with van der Waals surface area (Å²) in [4.78, 5) is 10.4. The fourth-order valence-corrected chi connectivity index (χ4v) is 1.57. The van der Waals surface area contributed by atoms with Crippen molar-refractivity contribution in [2.45, 2.75) is 0 Å². The number of ether oxygens (including phenoxy) is 1. The third-order valence-corrected chi connectivity index (χ3v) is 2.60. The van der Waals surface area contributed by atoms with E-state index in [9.17, 15) is 15.2 Å². The molecule has 21 heavy (non-hydrogen) atoms. The molecule has 0 aliphatic carbocycles. The molecule has 0 saturated heterocycles. The van der Waals surface area contributed by atoms with Crippen molar-refractivity contribution in [3.8, 4) is 17.2 Å². The normalized spacial score (nSPS) is 10.7. The van der Waals surface area contributed by atoms with Gasteiger partial charge in [-0.3, -0.25) is 10.1 Å². The number of nitrogens with zero attached hydrogens (tertiary/aromatic N) is 3. The Labute approximate surface area is 119 Å². The van der Waals surface area contributed by atoms with Gasteiger partial charge in [-0.25, -0.2) is 0 Å². The number of benzene rings is 2. The molecule has 0 unspecified atom stereocenters. The Bertz CT molecular complexity index is 715.